The van der Waals surface area contributed by atoms with E-state index in [1.54, 1.807) is 19.1 Å². The van der Waals surface area contributed by atoms with Crippen LogP contribution in [0.25, 0.3) is 33.4 Å². The number of nitrogens with two attached hydrogens (primary N) is 1. The number of hydrogen-bond donors (Lipinski definition) is 2. The number of carbonyl (C=O) groups is 1. The fraction of sp³-hybridized carbons (Fsp3) is 0.0385. The summed E-state index contributed by atoms with van der Waals surface area (Å²) in [5, 5.41) is 7.93. The highest BCUT2D eigenvalue weighted by Gasteiger charge is 2.15. The molecule has 6 nitrogen and oxygen atoms in total. The topological polar surface area (TPSA) is 93.9 Å². The second-order valence-electron chi connectivity index (χ2n) is 7.46. The first-order valence-corrected chi connectivity index (χ1v) is 10.2. The van der Waals surface area contributed by atoms with Crippen LogP contribution in [0.2, 0.25) is 0 Å². The van der Waals surface area contributed by atoms with Crippen molar-refractivity contribution in [1.82, 2.24) is 15.2 Å². The number of fused-ring (bicyclic) bond motifs is 1. The van der Waals surface area contributed by atoms with Gasteiger partial charge in [0.15, 0.2) is 11.6 Å². The summed E-state index contributed by atoms with van der Waals surface area (Å²) < 4.78 is 5.90. The van der Waals surface area contributed by atoms with E-state index in [9.17, 15) is 4.79 Å². The Labute approximate surface area is 184 Å². The molecule has 32 heavy (non-hydrogen) atoms. The number of aromatic nitrogens is 3. The van der Waals surface area contributed by atoms with Crippen LogP contribution in [0.4, 0.5) is 5.82 Å². The van der Waals surface area contributed by atoms with Gasteiger partial charge in [0.05, 0.1) is 22.3 Å². The van der Waals surface area contributed by atoms with Crippen molar-refractivity contribution >= 4 is 22.5 Å². The molecular formula is C26H20N4O2. The molecule has 0 amide bonds. The zero-order valence-electron chi connectivity index (χ0n) is 17.4. The molecule has 2 heterocycles. The van der Waals surface area contributed by atoms with Gasteiger partial charge in [0.2, 0.25) is 0 Å². The maximum absolute atomic E-state index is 11.6. The van der Waals surface area contributed by atoms with Gasteiger partial charge in [0, 0.05) is 16.7 Å². The van der Waals surface area contributed by atoms with Crippen molar-refractivity contribution in [3.8, 4) is 34.0 Å². The minimum absolute atomic E-state index is 0.0276. The summed E-state index contributed by atoms with van der Waals surface area (Å²) >= 11 is 0. The molecule has 0 saturated heterocycles. The lowest BCUT2D eigenvalue weighted by Crippen LogP contribution is -1.94. The molecule has 0 radical (unpaired) electrons. The fourth-order valence-corrected chi connectivity index (χ4v) is 3.61. The molecule has 0 spiro atoms. The standard InChI is InChI=1S/C26H20N4O2/c1-16(31)17-7-9-18(10-8-17)22-15-23-24(26(27)30-29-23)25(28-22)19-11-13-21(14-12-19)32-20-5-3-2-4-6-20/h2-15H,1H3,(H3,27,29,30). The highest BCUT2D eigenvalue weighted by Crippen LogP contribution is 2.34. The van der Waals surface area contributed by atoms with Crippen molar-refractivity contribution in [2.24, 2.45) is 0 Å². The van der Waals surface area contributed by atoms with Crippen LogP contribution >= 0.6 is 0 Å². The summed E-state index contributed by atoms with van der Waals surface area (Å²) in [7, 11) is 0. The Morgan fingerprint density at radius 1 is 0.875 bits per heavy atom. The molecule has 0 bridgehead atoms. The quantitative estimate of drug-likeness (QED) is 0.347. The number of ether oxygens (including phenoxy) is 1. The number of hydrogen-bond acceptors (Lipinski definition) is 5. The summed E-state index contributed by atoms with van der Waals surface area (Å²) in [5.41, 5.74) is 10.9. The van der Waals surface area contributed by atoms with Gasteiger partial charge in [-0.15, -0.1) is 0 Å². The maximum Gasteiger partial charge on any atom is 0.159 e. The SMILES string of the molecule is CC(=O)c1ccc(-c2cc3[nH]nc(N)c3c(-c3ccc(Oc4ccccc4)cc3)n2)cc1. The molecule has 0 aliphatic rings. The molecule has 3 N–H and O–H groups in total. The number of carbonyl (C=O) groups excluding carboxylic acids is 1. The van der Waals surface area contributed by atoms with Crippen LogP contribution in [-0.4, -0.2) is 21.0 Å². The minimum Gasteiger partial charge on any atom is -0.457 e. The summed E-state index contributed by atoms with van der Waals surface area (Å²) in [6.07, 6.45) is 0. The van der Waals surface area contributed by atoms with Gasteiger partial charge < -0.3 is 10.5 Å². The van der Waals surface area contributed by atoms with E-state index in [0.29, 0.717) is 11.4 Å². The number of nitrogen functional groups attached to an aromatic ring is 1. The van der Waals surface area contributed by atoms with E-state index in [1.165, 1.54) is 0 Å². The predicted molar refractivity (Wildman–Crippen MR) is 126 cm³/mol. The van der Waals surface area contributed by atoms with Crippen molar-refractivity contribution in [3.63, 3.8) is 0 Å². The molecule has 6 heteroatoms. The Morgan fingerprint density at radius 2 is 1.53 bits per heavy atom. The molecule has 156 valence electrons. The number of rotatable bonds is 5. The Bertz CT molecular complexity index is 1410. The molecule has 5 rings (SSSR count). The Balaban J connectivity index is 1.55. The molecular weight excluding hydrogens is 400 g/mol. The third-order valence-corrected chi connectivity index (χ3v) is 5.27. The van der Waals surface area contributed by atoms with E-state index in [4.69, 9.17) is 15.5 Å². The molecule has 5 aromatic rings. The van der Waals surface area contributed by atoms with Gasteiger partial charge >= 0.3 is 0 Å². The maximum atomic E-state index is 11.6. The molecule has 0 unspecified atom stereocenters. The van der Waals surface area contributed by atoms with Gasteiger partial charge in [-0.2, -0.15) is 5.10 Å². The van der Waals surface area contributed by atoms with Gasteiger partial charge in [0.1, 0.15) is 11.5 Å². The lowest BCUT2D eigenvalue weighted by Gasteiger charge is -2.10. The van der Waals surface area contributed by atoms with Crippen LogP contribution in [0.1, 0.15) is 17.3 Å². The number of anilines is 1. The Kier molecular flexibility index (Phi) is 4.88. The zero-order chi connectivity index (χ0) is 22.1. The number of ketones is 1. The highest BCUT2D eigenvalue weighted by molar-refractivity contribution is 6.01. The zero-order valence-corrected chi connectivity index (χ0v) is 17.4. The minimum atomic E-state index is 0.0276. The second kappa shape index (κ2) is 8.00. The van der Waals surface area contributed by atoms with Crippen LogP contribution in [0.3, 0.4) is 0 Å². The predicted octanol–water partition coefficient (Wildman–Crippen LogP) is 5.87. The Hall–Kier alpha value is -4.45. The molecule has 0 fully saturated rings. The van der Waals surface area contributed by atoms with Crippen molar-refractivity contribution in [2.45, 2.75) is 6.92 Å². The third kappa shape index (κ3) is 3.70. The van der Waals surface area contributed by atoms with E-state index >= 15 is 0 Å². The van der Waals surface area contributed by atoms with Crippen molar-refractivity contribution in [2.75, 3.05) is 5.73 Å². The van der Waals surface area contributed by atoms with E-state index in [1.807, 2.05) is 72.8 Å². The van der Waals surface area contributed by atoms with Crippen LogP contribution in [-0.2, 0) is 0 Å². The van der Waals surface area contributed by atoms with Gasteiger partial charge in [-0.05, 0) is 49.4 Å². The Morgan fingerprint density at radius 3 is 2.22 bits per heavy atom. The van der Waals surface area contributed by atoms with Crippen LogP contribution < -0.4 is 10.5 Å². The number of pyridine rings is 1. The molecule has 2 aromatic heterocycles. The average molecular weight is 420 g/mol. The number of nitrogens with one attached hydrogen (secondary N) is 1. The van der Waals surface area contributed by atoms with Gasteiger partial charge in [-0.25, -0.2) is 4.98 Å². The van der Waals surface area contributed by atoms with Crippen molar-refractivity contribution in [1.29, 1.82) is 0 Å². The molecule has 0 aliphatic heterocycles. The van der Waals surface area contributed by atoms with Crippen LogP contribution in [0.5, 0.6) is 11.5 Å². The smallest absolute Gasteiger partial charge is 0.159 e. The van der Waals surface area contributed by atoms with E-state index in [-0.39, 0.29) is 5.78 Å². The molecule has 0 atom stereocenters. The first-order chi connectivity index (χ1) is 15.6. The number of benzene rings is 3. The number of H-pyrrole nitrogens is 1. The molecule has 3 aromatic carbocycles. The molecule has 0 aliphatic carbocycles. The second-order valence-corrected chi connectivity index (χ2v) is 7.46. The number of para-hydroxylation sites is 1. The van der Waals surface area contributed by atoms with Gasteiger partial charge in [-0.3, -0.25) is 9.89 Å². The first-order valence-electron chi connectivity index (χ1n) is 10.2. The number of nitrogens with zero attached hydrogens (tertiary/aromatic N) is 2. The van der Waals surface area contributed by atoms with Crippen LogP contribution in [0.15, 0.2) is 84.9 Å². The summed E-state index contributed by atoms with van der Waals surface area (Å²) in [6.45, 7) is 1.55. The number of aromatic amines is 1. The van der Waals surface area contributed by atoms with Crippen molar-refractivity contribution in [3.05, 3.63) is 90.5 Å². The lowest BCUT2D eigenvalue weighted by atomic mass is 10.0. The van der Waals surface area contributed by atoms with E-state index in [2.05, 4.69) is 10.2 Å². The highest BCUT2D eigenvalue weighted by atomic mass is 16.5. The normalized spacial score (nSPS) is 10.9. The third-order valence-electron chi connectivity index (χ3n) is 5.27. The fourth-order valence-electron chi connectivity index (χ4n) is 3.61. The van der Waals surface area contributed by atoms with E-state index in [0.717, 1.165) is 44.9 Å². The monoisotopic (exact) mass is 420 g/mol. The summed E-state index contributed by atoms with van der Waals surface area (Å²) in [6, 6.07) is 26.7. The largest absolute Gasteiger partial charge is 0.457 e. The van der Waals surface area contributed by atoms with Gasteiger partial charge in [0.25, 0.3) is 0 Å². The lowest BCUT2D eigenvalue weighted by molar-refractivity contribution is 0.101. The average Bonchev–Trinajstić information content (AvgIpc) is 3.20. The number of Topliss-reactive ketones (excluding diaryl/α,β-unsaturated/α-hetero) is 1. The van der Waals surface area contributed by atoms with Crippen molar-refractivity contribution < 1.29 is 9.53 Å². The summed E-state index contributed by atoms with van der Waals surface area (Å²) in [5.74, 6) is 1.92. The van der Waals surface area contributed by atoms with E-state index < -0.39 is 0 Å². The first kappa shape index (κ1) is 19.5. The molecule has 0 saturated carbocycles. The summed E-state index contributed by atoms with van der Waals surface area (Å²) in [4.78, 5) is 16.5. The van der Waals surface area contributed by atoms with Gasteiger partial charge in [-0.1, -0.05) is 42.5 Å². The van der Waals surface area contributed by atoms with Crippen LogP contribution in [0, 0.1) is 0 Å².